The first-order valence-corrected chi connectivity index (χ1v) is 5.82. The van der Waals surface area contributed by atoms with Gasteiger partial charge in [0.15, 0.2) is 5.88 Å². The van der Waals surface area contributed by atoms with Crippen molar-refractivity contribution in [2.45, 2.75) is 20.1 Å². The van der Waals surface area contributed by atoms with E-state index < -0.39 is 6.03 Å². The summed E-state index contributed by atoms with van der Waals surface area (Å²) < 4.78 is 7.17. The van der Waals surface area contributed by atoms with Gasteiger partial charge in [-0.3, -0.25) is 0 Å². The zero-order valence-corrected chi connectivity index (χ0v) is 11.0. The van der Waals surface area contributed by atoms with Crippen LogP contribution in [0.15, 0.2) is 29.4 Å². The largest absolute Gasteiger partial charge is 0.473 e. The molecule has 9 heteroatoms. The Kier molecular flexibility index (Phi) is 5.75. The van der Waals surface area contributed by atoms with Crippen LogP contribution in [0.1, 0.15) is 12.6 Å². The van der Waals surface area contributed by atoms with Gasteiger partial charge in [-0.05, 0) is 13.0 Å². The van der Waals surface area contributed by atoms with Crippen LogP contribution >= 0.6 is 0 Å². The lowest BCUT2D eigenvalue weighted by Crippen LogP contribution is -2.24. The number of amides is 2. The number of anilines is 1. The SMILES string of the molecule is CCn1ccc(NC(=O)NN=N)c1COC(N)=CC=N. The maximum absolute atomic E-state index is 11.4. The van der Waals surface area contributed by atoms with Crippen molar-refractivity contribution in [2.75, 3.05) is 5.32 Å². The molecule has 0 bridgehead atoms. The number of nitrogens with one attached hydrogen (secondary N) is 4. The second-order valence-electron chi connectivity index (χ2n) is 3.66. The van der Waals surface area contributed by atoms with Crippen molar-refractivity contribution in [3.05, 3.63) is 29.9 Å². The molecule has 1 heterocycles. The van der Waals surface area contributed by atoms with Gasteiger partial charge in [-0.1, -0.05) is 5.22 Å². The molecule has 6 N–H and O–H groups in total. The van der Waals surface area contributed by atoms with Crippen molar-refractivity contribution in [3.63, 3.8) is 0 Å². The number of carbonyl (C=O) groups is 1. The van der Waals surface area contributed by atoms with Crippen molar-refractivity contribution >= 4 is 17.9 Å². The molecule has 2 amide bonds. The van der Waals surface area contributed by atoms with Gasteiger partial charge in [0, 0.05) is 25.0 Å². The molecule has 1 aromatic heterocycles. The smallest absolute Gasteiger partial charge is 0.341 e. The van der Waals surface area contributed by atoms with Crippen LogP contribution in [0.5, 0.6) is 0 Å². The van der Waals surface area contributed by atoms with Gasteiger partial charge in [-0.2, -0.15) is 5.53 Å². The Balaban J connectivity index is 2.83. The van der Waals surface area contributed by atoms with E-state index in [1.54, 1.807) is 12.3 Å². The molecular formula is C11H17N7O2. The molecule has 0 aliphatic rings. The highest BCUT2D eigenvalue weighted by Crippen LogP contribution is 2.19. The van der Waals surface area contributed by atoms with Crippen LogP contribution in [0.3, 0.4) is 0 Å². The number of ether oxygens (including phenoxy) is 1. The Bertz CT molecular complexity index is 521. The number of nitrogens with two attached hydrogens (primary N) is 1. The number of urea groups is 1. The fourth-order valence-corrected chi connectivity index (χ4v) is 1.56. The predicted molar refractivity (Wildman–Crippen MR) is 73.3 cm³/mol. The van der Waals surface area contributed by atoms with E-state index in [2.05, 4.69) is 10.5 Å². The monoisotopic (exact) mass is 279 g/mol. The molecule has 0 spiro atoms. The van der Waals surface area contributed by atoms with Gasteiger partial charge in [0.1, 0.15) is 6.61 Å². The first-order valence-electron chi connectivity index (χ1n) is 5.82. The normalized spacial score (nSPS) is 10.8. The number of allylic oxidation sites excluding steroid dienone is 1. The average molecular weight is 279 g/mol. The number of aryl methyl sites for hydroxylation is 1. The molecule has 0 aliphatic heterocycles. The molecule has 108 valence electrons. The zero-order chi connectivity index (χ0) is 15.0. The summed E-state index contributed by atoms with van der Waals surface area (Å²) in [5.74, 6) is 0.111. The Morgan fingerprint density at radius 1 is 1.65 bits per heavy atom. The van der Waals surface area contributed by atoms with E-state index in [1.165, 1.54) is 6.08 Å². The van der Waals surface area contributed by atoms with Crippen LogP contribution in [0.4, 0.5) is 10.5 Å². The van der Waals surface area contributed by atoms with Crippen molar-refractivity contribution < 1.29 is 9.53 Å². The van der Waals surface area contributed by atoms with E-state index in [9.17, 15) is 4.79 Å². The number of carbonyl (C=O) groups excluding carboxylic acids is 1. The van der Waals surface area contributed by atoms with Crippen molar-refractivity contribution in [1.29, 1.82) is 10.9 Å². The van der Waals surface area contributed by atoms with Crippen LogP contribution in [0.25, 0.3) is 0 Å². The highest BCUT2D eigenvalue weighted by molar-refractivity contribution is 5.89. The van der Waals surface area contributed by atoms with Crippen LogP contribution in [-0.4, -0.2) is 16.8 Å². The third kappa shape index (κ3) is 4.12. The Labute approximate surface area is 115 Å². The number of hydrogen-bond donors (Lipinski definition) is 5. The Morgan fingerprint density at radius 2 is 2.40 bits per heavy atom. The fourth-order valence-electron chi connectivity index (χ4n) is 1.56. The van der Waals surface area contributed by atoms with E-state index in [0.717, 1.165) is 6.21 Å². The topological polar surface area (TPSA) is 141 Å². The summed E-state index contributed by atoms with van der Waals surface area (Å²) in [7, 11) is 0. The fraction of sp³-hybridized carbons (Fsp3) is 0.273. The summed E-state index contributed by atoms with van der Waals surface area (Å²) in [5, 5.41) is 12.2. The summed E-state index contributed by atoms with van der Waals surface area (Å²) in [6.07, 6.45) is 4.14. The lowest BCUT2D eigenvalue weighted by Gasteiger charge is -2.11. The molecule has 20 heavy (non-hydrogen) atoms. The Morgan fingerprint density at radius 3 is 3.00 bits per heavy atom. The molecule has 0 saturated carbocycles. The molecule has 0 fully saturated rings. The molecule has 0 unspecified atom stereocenters. The maximum Gasteiger partial charge on any atom is 0.341 e. The summed E-state index contributed by atoms with van der Waals surface area (Å²) in [4.78, 5) is 11.4. The molecule has 0 atom stereocenters. The van der Waals surface area contributed by atoms with Crippen molar-refractivity contribution in [2.24, 2.45) is 11.0 Å². The van der Waals surface area contributed by atoms with Crippen LogP contribution in [-0.2, 0) is 17.9 Å². The molecule has 1 aromatic rings. The Hall–Kier alpha value is -2.84. The van der Waals surface area contributed by atoms with Gasteiger partial charge >= 0.3 is 6.03 Å². The molecule has 0 radical (unpaired) electrons. The van der Waals surface area contributed by atoms with Crippen molar-refractivity contribution in [3.8, 4) is 0 Å². The molecular weight excluding hydrogens is 262 g/mol. The standard InChI is InChI=1S/C11H17N7O2/c1-2-18-6-4-8(15-11(19)16-17-14)9(18)7-20-10(13)3-5-12/h3-6,12H,2,7,13H2,1H3,(H3,14,15,16,19). The van der Waals surface area contributed by atoms with Gasteiger partial charge in [0.2, 0.25) is 0 Å². The molecule has 1 rings (SSSR count). The summed E-state index contributed by atoms with van der Waals surface area (Å²) in [5.41, 5.74) is 15.3. The highest BCUT2D eigenvalue weighted by atomic mass is 16.5. The van der Waals surface area contributed by atoms with E-state index in [1.807, 2.05) is 16.9 Å². The minimum atomic E-state index is -0.613. The second kappa shape index (κ2) is 7.56. The quantitative estimate of drug-likeness (QED) is 0.223. The summed E-state index contributed by atoms with van der Waals surface area (Å²) in [6.45, 7) is 2.78. The van der Waals surface area contributed by atoms with Gasteiger partial charge in [-0.15, -0.1) is 0 Å². The molecule has 0 aliphatic carbocycles. The van der Waals surface area contributed by atoms with Gasteiger partial charge < -0.3 is 25.8 Å². The van der Waals surface area contributed by atoms with E-state index in [4.69, 9.17) is 21.4 Å². The van der Waals surface area contributed by atoms with E-state index in [0.29, 0.717) is 17.9 Å². The molecule has 0 aromatic carbocycles. The number of hydrogen-bond acceptors (Lipinski definition) is 6. The van der Waals surface area contributed by atoms with E-state index >= 15 is 0 Å². The first-order chi connectivity index (χ1) is 9.62. The minimum Gasteiger partial charge on any atom is -0.473 e. The van der Waals surface area contributed by atoms with E-state index in [-0.39, 0.29) is 12.5 Å². The predicted octanol–water partition coefficient (Wildman–Crippen LogP) is 1.54. The van der Waals surface area contributed by atoms with Crippen LogP contribution in [0, 0.1) is 10.9 Å². The highest BCUT2D eigenvalue weighted by Gasteiger charge is 2.11. The number of nitrogens with zero attached hydrogens (tertiary/aromatic N) is 2. The van der Waals surface area contributed by atoms with Crippen LogP contribution < -0.4 is 16.5 Å². The van der Waals surface area contributed by atoms with Gasteiger partial charge in [0.05, 0.1) is 11.4 Å². The summed E-state index contributed by atoms with van der Waals surface area (Å²) >= 11 is 0. The van der Waals surface area contributed by atoms with Crippen molar-refractivity contribution in [1.82, 2.24) is 9.99 Å². The third-order valence-electron chi connectivity index (χ3n) is 2.45. The zero-order valence-electron chi connectivity index (χ0n) is 11.0. The average Bonchev–Trinajstić information content (AvgIpc) is 2.79. The third-order valence-corrected chi connectivity index (χ3v) is 2.45. The van der Waals surface area contributed by atoms with Gasteiger partial charge in [0.25, 0.3) is 0 Å². The molecule has 0 saturated heterocycles. The van der Waals surface area contributed by atoms with Gasteiger partial charge in [-0.25, -0.2) is 10.2 Å². The number of aromatic nitrogens is 1. The number of rotatable bonds is 7. The van der Waals surface area contributed by atoms with Crippen LogP contribution in [0.2, 0.25) is 0 Å². The minimum absolute atomic E-state index is 0.111. The lowest BCUT2D eigenvalue weighted by molar-refractivity contribution is 0.190. The maximum atomic E-state index is 11.4. The molecule has 9 nitrogen and oxygen atoms in total. The first kappa shape index (κ1) is 15.2. The second-order valence-corrected chi connectivity index (χ2v) is 3.66. The summed E-state index contributed by atoms with van der Waals surface area (Å²) in [6, 6.07) is 1.10. The lowest BCUT2D eigenvalue weighted by atomic mass is 10.3.